The number of hydroxylamine groups is 1. The Morgan fingerprint density at radius 3 is 2.39 bits per heavy atom. The molecular formula is C18H23N5O4S. The number of rotatable bonds is 5. The monoisotopic (exact) mass is 405 g/mol. The first-order chi connectivity index (χ1) is 13.5. The van der Waals surface area contributed by atoms with E-state index in [2.05, 4.69) is 39.5 Å². The number of nitrogens with one attached hydrogen (secondary N) is 2. The second-order valence-corrected chi connectivity index (χ2v) is 7.42. The van der Waals surface area contributed by atoms with E-state index in [0.29, 0.717) is 26.2 Å². The van der Waals surface area contributed by atoms with Crippen molar-refractivity contribution in [1.29, 1.82) is 0 Å². The summed E-state index contributed by atoms with van der Waals surface area (Å²) in [6.07, 6.45) is 0.712. The predicted molar refractivity (Wildman–Crippen MR) is 105 cm³/mol. The van der Waals surface area contributed by atoms with Crippen LogP contribution < -0.4 is 15.7 Å². The molecule has 1 aromatic heterocycles. The topological polar surface area (TPSA) is 118 Å². The summed E-state index contributed by atoms with van der Waals surface area (Å²) in [5.41, 5.74) is 5.46. The molecule has 3 rings (SSSR count). The van der Waals surface area contributed by atoms with Gasteiger partial charge >= 0.3 is 6.03 Å². The maximum absolute atomic E-state index is 12.4. The molecule has 0 unspecified atom stereocenters. The fourth-order valence-corrected chi connectivity index (χ4v) is 3.69. The lowest BCUT2D eigenvalue weighted by Gasteiger charge is -2.36. The van der Waals surface area contributed by atoms with Crippen LogP contribution in [0, 0.1) is 0 Å². The van der Waals surface area contributed by atoms with Crippen LogP contribution >= 0.6 is 11.3 Å². The number of benzene rings is 1. The Labute approximate surface area is 166 Å². The van der Waals surface area contributed by atoms with Crippen molar-refractivity contribution in [3.8, 4) is 10.4 Å². The molecule has 0 aliphatic carbocycles. The van der Waals surface area contributed by atoms with E-state index in [-0.39, 0.29) is 0 Å². The van der Waals surface area contributed by atoms with E-state index in [4.69, 9.17) is 5.21 Å². The molecule has 0 radical (unpaired) electrons. The number of thiazole rings is 1. The van der Waals surface area contributed by atoms with Gasteiger partial charge in [0.15, 0.2) is 0 Å². The summed E-state index contributed by atoms with van der Waals surface area (Å²) in [6, 6.07) is 6.56. The minimum Gasteiger partial charge on any atom is -0.391 e. The number of carbonyl (C=O) groups excluding carboxylic acids is 2. The van der Waals surface area contributed by atoms with Gasteiger partial charge in [0.1, 0.15) is 6.04 Å². The van der Waals surface area contributed by atoms with Gasteiger partial charge in [0.2, 0.25) is 0 Å². The van der Waals surface area contributed by atoms with Crippen LogP contribution in [0.1, 0.15) is 6.92 Å². The van der Waals surface area contributed by atoms with E-state index in [0.717, 1.165) is 16.1 Å². The van der Waals surface area contributed by atoms with Crippen molar-refractivity contribution in [2.45, 2.75) is 19.1 Å². The standard InChI is InChI=1S/C18H23N5O4S/c1-12(24)16(17(25)21-27)20-18(26)23-8-6-22(7-9-23)14-4-2-13(3-5-14)15-10-19-11-28-15/h2-5,10-12,16,24,27H,6-9H2,1H3,(H,20,26)(H,21,25)/t12-,16+/m1/s1. The number of urea groups is 1. The minimum absolute atomic E-state index is 0.449. The normalized spacial score (nSPS) is 16.4. The molecule has 0 bridgehead atoms. The van der Waals surface area contributed by atoms with Gasteiger partial charge in [-0.3, -0.25) is 15.0 Å². The highest BCUT2D eigenvalue weighted by Gasteiger charge is 2.29. The zero-order chi connectivity index (χ0) is 20.1. The molecule has 1 aromatic carbocycles. The lowest BCUT2D eigenvalue weighted by Crippen LogP contribution is -2.58. The third kappa shape index (κ3) is 4.58. The average molecular weight is 405 g/mol. The molecule has 4 N–H and O–H groups in total. The first-order valence-electron chi connectivity index (χ1n) is 8.91. The molecule has 2 aromatic rings. The number of aromatic nitrogens is 1. The van der Waals surface area contributed by atoms with Gasteiger partial charge in [-0.25, -0.2) is 10.3 Å². The first-order valence-corrected chi connectivity index (χ1v) is 9.79. The molecule has 2 heterocycles. The van der Waals surface area contributed by atoms with E-state index in [1.165, 1.54) is 12.4 Å². The highest BCUT2D eigenvalue weighted by atomic mass is 32.1. The van der Waals surface area contributed by atoms with Crippen LogP contribution in [-0.2, 0) is 4.79 Å². The third-order valence-electron chi connectivity index (χ3n) is 4.67. The number of piperazine rings is 1. The molecule has 0 saturated carbocycles. The van der Waals surface area contributed by atoms with Gasteiger partial charge in [-0.2, -0.15) is 0 Å². The molecule has 1 fully saturated rings. The molecule has 1 aliphatic heterocycles. The number of anilines is 1. The summed E-state index contributed by atoms with van der Waals surface area (Å²) < 4.78 is 0. The summed E-state index contributed by atoms with van der Waals surface area (Å²) >= 11 is 1.59. The molecular weight excluding hydrogens is 382 g/mol. The molecule has 9 nitrogen and oxygen atoms in total. The zero-order valence-electron chi connectivity index (χ0n) is 15.4. The number of hydrogen-bond acceptors (Lipinski definition) is 7. The van der Waals surface area contributed by atoms with E-state index >= 15 is 0 Å². The Morgan fingerprint density at radius 2 is 1.86 bits per heavy atom. The van der Waals surface area contributed by atoms with Gasteiger partial charge in [0.05, 0.1) is 16.5 Å². The van der Waals surface area contributed by atoms with Crippen molar-refractivity contribution >= 4 is 29.0 Å². The Morgan fingerprint density at radius 1 is 1.18 bits per heavy atom. The van der Waals surface area contributed by atoms with Crippen LogP contribution in [0.2, 0.25) is 0 Å². The average Bonchev–Trinajstić information content (AvgIpc) is 3.26. The molecule has 1 aliphatic rings. The van der Waals surface area contributed by atoms with Crippen molar-refractivity contribution in [1.82, 2.24) is 20.7 Å². The number of aliphatic hydroxyl groups excluding tert-OH is 1. The smallest absolute Gasteiger partial charge is 0.318 e. The highest BCUT2D eigenvalue weighted by Crippen LogP contribution is 2.26. The minimum atomic E-state index is -1.21. The summed E-state index contributed by atoms with van der Waals surface area (Å²) in [7, 11) is 0. The van der Waals surface area contributed by atoms with Crippen LogP contribution in [0.25, 0.3) is 10.4 Å². The SMILES string of the molecule is C[C@@H](O)[C@H](NC(=O)N1CCN(c2ccc(-c3cncs3)cc2)CC1)C(=O)NO. The van der Waals surface area contributed by atoms with E-state index in [1.807, 2.05) is 6.20 Å². The maximum Gasteiger partial charge on any atom is 0.318 e. The Bertz CT molecular complexity index is 789. The fraction of sp³-hybridized carbons (Fsp3) is 0.389. The van der Waals surface area contributed by atoms with Crippen LogP contribution in [0.5, 0.6) is 0 Å². The van der Waals surface area contributed by atoms with Crippen molar-refractivity contribution in [3.63, 3.8) is 0 Å². The maximum atomic E-state index is 12.4. The molecule has 10 heteroatoms. The number of carbonyl (C=O) groups is 2. The van der Waals surface area contributed by atoms with E-state index in [1.54, 1.807) is 21.7 Å². The molecule has 150 valence electrons. The van der Waals surface area contributed by atoms with Gasteiger partial charge < -0.3 is 20.2 Å². The lowest BCUT2D eigenvalue weighted by molar-refractivity contribution is -0.133. The molecule has 1 saturated heterocycles. The molecule has 28 heavy (non-hydrogen) atoms. The fourth-order valence-electron chi connectivity index (χ4n) is 3.06. The molecule has 0 spiro atoms. The highest BCUT2D eigenvalue weighted by molar-refractivity contribution is 7.13. The van der Waals surface area contributed by atoms with Gasteiger partial charge in [0.25, 0.3) is 5.91 Å². The van der Waals surface area contributed by atoms with Crippen LogP contribution in [0.3, 0.4) is 0 Å². The Hall–Kier alpha value is -2.69. The number of amides is 3. The number of nitrogens with zero attached hydrogens (tertiary/aromatic N) is 3. The summed E-state index contributed by atoms with van der Waals surface area (Å²) in [5, 5.41) is 20.8. The first kappa shape index (κ1) is 20.1. The molecule has 2 atom stereocenters. The Kier molecular flexibility index (Phi) is 6.45. The molecule has 3 amide bonds. The van der Waals surface area contributed by atoms with Crippen molar-refractivity contribution in [2.24, 2.45) is 0 Å². The van der Waals surface area contributed by atoms with Gasteiger partial charge in [-0.05, 0) is 24.6 Å². The largest absolute Gasteiger partial charge is 0.391 e. The van der Waals surface area contributed by atoms with Gasteiger partial charge in [-0.1, -0.05) is 12.1 Å². The van der Waals surface area contributed by atoms with Gasteiger partial charge in [-0.15, -0.1) is 11.3 Å². The third-order valence-corrected chi connectivity index (χ3v) is 5.49. The predicted octanol–water partition coefficient (Wildman–Crippen LogP) is 0.896. The van der Waals surface area contributed by atoms with E-state index < -0.39 is 24.1 Å². The number of aliphatic hydroxyl groups is 1. The van der Waals surface area contributed by atoms with Gasteiger partial charge in [0, 0.05) is 38.1 Å². The van der Waals surface area contributed by atoms with Crippen LogP contribution in [-0.4, -0.2) is 70.5 Å². The van der Waals surface area contributed by atoms with Crippen molar-refractivity contribution in [3.05, 3.63) is 36.0 Å². The van der Waals surface area contributed by atoms with Crippen LogP contribution in [0.15, 0.2) is 36.0 Å². The Balaban J connectivity index is 1.55. The zero-order valence-corrected chi connectivity index (χ0v) is 16.2. The second-order valence-electron chi connectivity index (χ2n) is 6.53. The lowest BCUT2D eigenvalue weighted by atomic mass is 10.1. The number of hydrogen-bond donors (Lipinski definition) is 4. The van der Waals surface area contributed by atoms with Crippen molar-refractivity contribution < 1.29 is 19.9 Å². The summed E-state index contributed by atoms with van der Waals surface area (Å²) in [4.78, 5) is 32.9. The quantitative estimate of drug-likeness (QED) is 0.434. The van der Waals surface area contributed by atoms with Crippen LogP contribution in [0.4, 0.5) is 10.5 Å². The summed E-state index contributed by atoms with van der Waals surface area (Å²) in [6.45, 7) is 3.64. The summed E-state index contributed by atoms with van der Waals surface area (Å²) in [5.74, 6) is -0.858. The van der Waals surface area contributed by atoms with E-state index in [9.17, 15) is 14.7 Å². The van der Waals surface area contributed by atoms with Crippen molar-refractivity contribution in [2.75, 3.05) is 31.1 Å². The second kappa shape index (κ2) is 9.00.